The van der Waals surface area contributed by atoms with Crippen molar-refractivity contribution in [3.63, 3.8) is 0 Å². The Bertz CT molecular complexity index is 385. The number of hydrogen-bond donors (Lipinski definition) is 2. The van der Waals surface area contributed by atoms with Gasteiger partial charge in [-0.25, -0.2) is 0 Å². The van der Waals surface area contributed by atoms with E-state index in [1.165, 1.54) is 0 Å². The van der Waals surface area contributed by atoms with Crippen molar-refractivity contribution < 1.29 is 15.0 Å². The molecule has 82 valence electrons. The molecule has 4 heteroatoms. The second-order valence-electron chi connectivity index (χ2n) is 4.12. The Morgan fingerprint density at radius 2 is 2.07 bits per heavy atom. The van der Waals surface area contributed by atoms with Crippen molar-refractivity contribution >= 4 is 21.9 Å². The van der Waals surface area contributed by atoms with Gasteiger partial charge in [-0.3, -0.25) is 4.79 Å². The highest BCUT2D eigenvalue weighted by atomic mass is 79.9. The van der Waals surface area contributed by atoms with Gasteiger partial charge < -0.3 is 10.2 Å². The first kappa shape index (κ1) is 12.0. The Hall–Kier alpha value is -1.03. The molecule has 0 saturated carbocycles. The highest BCUT2D eigenvalue weighted by Crippen LogP contribution is 2.34. The molecular weight excluding hydrogens is 260 g/mol. The van der Waals surface area contributed by atoms with Gasteiger partial charge >= 0.3 is 5.97 Å². The number of carbonyl (C=O) groups is 1. The van der Waals surface area contributed by atoms with E-state index in [1.807, 2.05) is 13.8 Å². The lowest BCUT2D eigenvalue weighted by Crippen LogP contribution is -2.22. The van der Waals surface area contributed by atoms with E-state index in [4.69, 9.17) is 5.11 Å². The van der Waals surface area contributed by atoms with E-state index in [1.54, 1.807) is 18.2 Å². The third kappa shape index (κ3) is 2.96. The van der Waals surface area contributed by atoms with Gasteiger partial charge in [-0.1, -0.05) is 29.8 Å². The SMILES string of the molecule is CC(C)(CC(=O)O)c1cc(O)ccc1Br. The van der Waals surface area contributed by atoms with Crippen LogP contribution in [0, 0.1) is 0 Å². The third-order valence-electron chi connectivity index (χ3n) is 2.27. The third-order valence-corrected chi connectivity index (χ3v) is 2.96. The van der Waals surface area contributed by atoms with Crippen LogP contribution in [0.3, 0.4) is 0 Å². The minimum Gasteiger partial charge on any atom is -0.508 e. The molecule has 2 N–H and O–H groups in total. The summed E-state index contributed by atoms with van der Waals surface area (Å²) in [5, 5.41) is 18.2. The molecule has 0 unspecified atom stereocenters. The molecule has 0 bridgehead atoms. The summed E-state index contributed by atoms with van der Waals surface area (Å²) in [6.45, 7) is 3.67. The maximum atomic E-state index is 10.7. The van der Waals surface area contributed by atoms with Crippen LogP contribution in [0.15, 0.2) is 22.7 Å². The molecular formula is C11H13BrO3. The summed E-state index contributed by atoms with van der Waals surface area (Å²) in [4.78, 5) is 10.7. The second kappa shape index (κ2) is 4.23. The summed E-state index contributed by atoms with van der Waals surface area (Å²) in [6.07, 6.45) is 0.0229. The van der Waals surface area contributed by atoms with Gasteiger partial charge in [0.1, 0.15) is 5.75 Å². The van der Waals surface area contributed by atoms with Gasteiger partial charge in [0.05, 0.1) is 6.42 Å². The quantitative estimate of drug-likeness (QED) is 0.890. The van der Waals surface area contributed by atoms with Crippen molar-refractivity contribution in [1.82, 2.24) is 0 Å². The fraction of sp³-hybridized carbons (Fsp3) is 0.364. The average Bonchev–Trinajstić information content (AvgIpc) is 2.06. The molecule has 0 aliphatic heterocycles. The number of rotatable bonds is 3. The Morgan fingerprint density at radius 1 is 1.47 bits per heavy atom. The minimum atomic E-state index is -0.852. The number of halogens is 1. The van der Waals surface area contributed by atoms with Crippen molar-refractivity contribution in [2.45, 2.75) is 25.7 Å². The maximum Gasteiger partial charge on any atom is 0.304 e. The zero-order valence-electron chi connectivity index (χ0n) is 8.62. The van der Waals surface area contributed by atoms with Crippen LogP contribution in [0.25, 0.3) is 0 Å². The van der Waals surface area contributed by atoms with E-state index in [0.717, 1.165) is 10.0 Å². The van der Waals surface area contributed by atoms with E-state index >= 15 is 0 Å². The van der Waals surface area contributed by atoms with Crippen LogP contribution in [0.2, 0.25) is 0 Å². The number of carboxylic acids is 1. The van der Waals surface area contributed by atoms with Crippen molar-refractivity contribution in [2.75, 3.05) is 0 Å². The summed E-state index contributed by atoms with van der Waals surface area (Å²) < 4.78 is 0.812. The predicted molar refractivity (Wildman–Crippen MR) is 61.1 cm³/mol. The zero-order valence-corrected chi connectivity index (χ0v) is 10.2. The number of hydrogen-bond acceptors (Lipinski definition) is 2. The monoisotopic (exact) mass is 272 g/mol. The molecule has 0 spiro atoms. The van der Waals surface area contributed by atoms with Crippen molar-refractivity contribution in [3.05, 3.63) is 28.2 Å². The average molecular weight is 273 g/mol. The summed E-state index contributed by atoms with van der Waals surface area (Å²) in [5.74, 6) is -0.707. The Morgan fingerprint density at radius 3 is 2.60 bits per heavy atom. The van der Waals surface area contributed by atoms with E-state index in [-0.39, 0.29) is 12.2 Å². The van der Waals surface area contributed by atoms with Crippen LogP contribution >= 0.6 is 15.9 Å². The summed E-state index contributed by atoms with van der Waals surface area (Å²) in [6, 6.07) is 4.87. The Balaban J connectivity index is 3.13. The summed E-state index contributed by atoms with van der Waals surface area (Å²) in [7, 11) is 0. The first-order chi connectivity index (χ1) is 6.83. The van der Waals surface area contributed by atoms with Gasteiger partial charge in [0.2, 0.25) is 0 Å². The standard InChI is InChI=1S/C11H13BrO3/c1-11(2,6-10(14)15)8-5-7(13)3-4-9(8)12/h3-5,13H,6H2,1-2H3,(H,14,15). The lowest BCUT2D eigenvalue weighted by Gasteiger charge is -2.24. The number of aromatic hydroxyl groups is 1. The number of benzene rings is 1. The molecule has 15 heavy (non-hydrogen) atoms. The van der Waals surface area contributed by atoms with Gasteiger partial charge in [-0.2, -0.15) is 0 Å². The number of phenolic OH excluding ortho intramolecular Hbond substituents is 1. The molecule has 0 aliphatic rings. The minimum absolute atomic E-state index is 0.0229. The molecule has 1 aromatic rings. The molecule has 0 fully saturated rings. The van der Waals surface area contributed by atoms with E-state index in [2.05, 4.69) is 15.9 Å². The molecule has 0 heterocycles. The summed E-state index contributed by atoms with van der Waals surface area (Å²) >= 11 is 3.35. The van der Waals surface area contributed by atoms with Gasteiger partial charge in [0.25, 0.3) is 0 Å². The van der Waals surface area contributed by atoms with Crippen LogP contribution in [0.1, 0.15) is 25.8 Å². The van der Waals surface area contributed by atoms with Crippen molar-refractivity contribution in [1.29, 1.82) is 0 Å². The van der Waals surface area contributed by atoms with Crippen LogP contribution in [-0.2, 0) is 10.2 Å². The van der Waals surface area contributed by atoms with Gasteiger partial charge in [-0.15, -0.1) is 0 Å². The predicted octanol–water partition coefficient (Wildman–Crippen LogP) is 2.91. The molecule has 0 atom stereocenters. The van der Waals surface area contributed by atoms with Crippen LogP contribution < -0.4 is 0 Å². The highest BCUT2D eigenvalue weighted by molar-refractivity contribution is 9.10. The number of aliphatic carboxylic acids is 1. The first-order valence-corrected chi connectivity index (χ1v) is 5.33. The van der Waals surface area contributed by atoms with E-state index in [9.17, 15) is 9.90 Å². The van der Waals surface area contributed by atoms with Crippen LogP contribution in [-0.4, -0.2) is 16.2 Å². The molecule has 1 aromatic carbocycles. The second-order valence-corrected chi connectivity index (χ2v) is 4.97. The van der Waals surface area contributed by atoms with E-state index in [0.29, 0.717) is 0 Å². The lowest BCUT2D eigenvalue weighted by atomic mass is 9.81. The fourth-order valence-corrected chi connectivity index (χ4v) is 2.29. The van der Waals surface area contributed by atoms with Crippen molar-refractivity contribution in [2.24, 2.45) is 0 Å². The molecule has 0 saturated heterocycles. The summed E-state index contributed by atoms with van der Waals surface area (Å²) in [5.41, 5.74) is 0.286. The molecule has 0 aromatic heterocycles. The Labute approximate surface area is 96.9 Å². The van der Waals surface area contributed by atoms with Gasteiger partial charge in [0.15, 0.2) is 0 Å². The maximum absolute atomic E-state index is 10.7. The molecule has 0 aliphatic carbocycles. The molecule has 1 rings (SSSR count). The Kier molecular flexibility index (Phi) is 3.39. The normalized spacial score (nSPS) is 11.4. The fourth-order valence-electron chi connectivity index (χ4n) is 1.51. The first-order valence-electron chi connectivity index (χ1n) is 4.54. The largest absolute Gasteiger partial charge is 0.508 e. The van der Waals surface area contributed by atoms with E-state index < -0.39 is 11.4 Å². The lowest BCUT2D eigenvalue weighted by molar-refractivity contribution is -0.138. The molecule has 3 nitrogen and oxygen atoms in total. The number of carboxylic acid groups (broad SMARTS) is 1. The van der Waals surface area contributed by atoms with Gasteiger partial charge in [-0.05, 0) is 23.8 Å². The number of phenols is 1. The van der Waals surface area contributed by atoms with Gasteiger partial charge in [0, 0.05) is 9.89 Å². The smallest absolute Gasteiger partial charge is 0.304 e. The van der Waals surface area contributed by atoms with Crippen LogP contribution in [0.4, 0.5) is 0 Å². The zero-order chi connectivity index (χ0) is 11.6. The highest BCUT2D eigenvalue weighted by Gasteiger charge is 2.26. The topological polar surface area (TPSA) is 57.5 Å². The molecule has 0 amide bonds. The molecule has 0 radical (unpaired) electrons. The van der Waals surface area contributed by atoms with Crippen LogP contribution in [0.5, 0.6) is 5.75 Å². The van der Waals surface area contributed by atoms with Crippen molar-refractivity contribution in [3.8, 4) is 5.75 Å².